The normalized spacial score (nSPS) is 17.3. The van der Waals surface area contributed by atoms with Gasteiger partial charge in [0.15, 0.2) is 0 Å². The Balaban J connectivity index is 1.44. The van der Waals surface area contributed by atoms with E-state index in [2.05, 4.69) is 15.6 Å². The first-order valence-electron chi connectivity index (χ1n) is 11.0. The van der Waals surface area contributed by atoms with Gasteiger partial charge in [-0.25, -0.2) is 13.1 Å². The minimum atomic E-state index is -3.75. The molecule has 1 atom stereocenters. The number of amides is 1. The van der Waals surface area contributed by atoms with E-state index in [0.29, 0.717) is 44.6 Å². The standard InChI is InChI=1S/C23H29N5O4S/c1-17-5-7-18(8-6-17)15-24-23(29)19-4-3-11-27(16-19)33(30,31)20-9-10-22-21(14-20)25-26-28(22)12-13-32-2/h5-10,14,19H,3-4,11-13,15-16H2,1-2H3,(H,24,29)/t19-/m0/s1. The molecule has 1 amide bonds. The lowest BCUT2D eigenvalue weighted by Gasteiger charge is -2.31. The van der Waals surface area contributed by atoms with Crippen LogP contribution in [-0.4, -0.2) is 60.4 Å². The van der Waals surface area contributed by atoms with Crippen LogP contribution >= 0.6 is 0 Å². The van der Waals surface area contributed by atoms with Crippen LogP contribution in [-0.2, 0) is 32.6 Å². The number of nitrogens with one attached hydrogen (secondary N) is 1. The van der Waals surface area contributed by atoms with Gasteiger partial charge in [0.2, 0.25) is 15.9 Å². The molecular weight excluding hydrogens is 442 g/mol. The second kappa shape index (κ2) is 9.98. The molecule has 1 saturated heterocycles. The average molecular weight is 472 g/mol. The molecule has 0 bridgehead atoms. The topological polar surface area (TPSA) is 106 Å². The van der Waals surface area contributed by atoms with Gasteiger partial charge in [-0.05, 0) is 43.5 Å². The lowest BCUT2D eigenvalue weighted by molar-refractivity contribution is -0.126. The van der Waals surface area contributed by atoms with Crippen LogP contribution in [0.3, 0.4) is 0 Å². The van der Waals surface area contributed by atoms with Gasteiger partial charge in [-0.2, -0.15) is 4.31 Å². The molecule has 176 valence electrons. The molecule has 33 heavy (non-hydrogen) atoms. The summed E-state index contributed by atoms with van der Waals surface area (Å²) in [6.45, 7) is 4.02. The van der Waals surface area contributed by atoms with Crippen molar-refractivity contribution in [3.05, 3.63) is 53.6 Å². The van der Waals surface area contributed by atoms with Crippen molar-refractivity contribution in [2.75, 3.05) is 26.8 Å². The largest absolute Gasteiger partial charge is 0.383 e. The van der Waals surface area contributed by atoms with Crippen LogP contribution in [0.25, 0.3) is 11.0 Å². The summed E-state index contributed by atoms with van der Waals surface area (Å²) in [5.74, 6) is -0.496. The van der Waals surface area contributed by atoms with E-state index in [1.54, 1.807) is 30.0 Å². The van der Waals surface area contributed by atoms with Crippen molar-refractivity contribution in [3.63, 3.8) is 0 Å². The van der Waals surface area contributed by atoms with Gasteiger partial charge in [-0.1, -0.05) is 35.0 Å². The molecular formula is C23H29N5O4S. The minimum absolute atomic E-state index is 0.119. The highest BCUT2D eigenvalue weighted by Gasteiger charge is 2.33. The van der Waals surface area contributed by atoms with Crippen LogP contribution in [0.4, 0.5) is 0 Å². The zero-order valence-electron chi connectivity index (χ0n) is 18.9. The first kappa shape index (κ1) is 23.3. The number of methoxy groups -OCH3 is 1. The zero-order valence-corrected chi connectivity index (χ0v) is 19.7. The first-order chi connectivity index (χ1) is 15.9. The van der Waals surface area contributed by atoms with Gasteiger partial charge in [0.05, 0.1) is 29.5 Å². The van der Waals surface area contributed by atoms with Gasteiger partial charge in [0, 0.05) is 26.7 Å². The SMILES string of the molecule is COCCn1nnc2cc(S(=O)(=O)N3CCC[C@H](C(=O)NCc4ccc(C)cc4)C3)ccc21. The highest BCUT2D eigenvalue weighted by molar-refractivity contribution is 7.89. The van der Waals surface area contributed by atoms with Crippen molar-refractivity contribution in [2.45, 2.75) is 37.8 Å². The second-order valence-corrected chi connectivity index (χ2v) is 10.3. The van der Waals surface area contributed by atoms with Gasteiger partial charge in [-0.3, -0.25) is 4.79 Å². The van der Waals surface area contributed by atoms with Crippen LogP contribution in [0.5, 0.6) is 0 Å². The summed E-state index contributed by atoms with van der Waals surface area (Å²) in [5.41, 5.74) is 3.43. The Morgan fingerprint density at radius 1 is 1.21 bits per heavy atom. The number of carbonyl (C=O) groups is 1. The van der Waals surface area contributed by atoms with Crippen LogP contribution in [0.2, 0.25) is 0 Å². The molecule has 10 heteroatoms. The van der Waals surface area contributed by atoms with Crippen molar-refractivity contribution in [2.24, 2.45) is 5.92 Å². The fourth-order valence-electron chi connectivity index (χ4n) is 4.02. The van der Waals surface area contributed by atoms with E-state index in [-0.39, 0.29) is 23.3 Å². The number of sulfonamides is 1. The smallest absolute Gasteiger partial charge is 0.243 e. The maximum Gasteiger partial charge on any atom is 0.243 e. The van der Waals surface area contributed by atoms with E-state index in [1.165, 1.54) is 4.31 Å². The lowest BCUT2D eigenvalue weighted by atomic mass is 9.98. The van der Waals surface area contributed by atoms with Gasteiger partial charge in [-0.15, -0.1) is 5.10 Å². The predicted octanol–water partition coefficient (Wildman–Crippen LogP) is 2.10. The molecule has 3 aromatic rings. The van der Waals surface area contributed by atoms with E-state index >= 15 is 0 Å². The third kappa shape index (κ3) is 5.23. The molecule has 2 aromatic carbocycles. The van der Waals surface area contributed by atoms with E-state index in [1.807, 2.05) is 31.2 Å². The minimum Gasteiger partial charge on any atom is -0.383 e. The third-order valence-corrected chi connectivity index (χ3v) is 7.83. The molecule has 4 rings (SSSR count). The number of carbonyl (C=O) groups excluding carboxylic acids is 1. The fraction of sp³-hybridized carbons (Fsp3) is 0.435. The van der Waals surface area contributed by atoms with Crippen molar-refractivity contribution < 1.29 is 17.9 Å². The van der Waals surface area contributed by atoms with E-state index in [4.69, 9.17) is 4.74 Å². The molecule has 0 spiro atoms. The summed E-state index contributed by atoms with van der Waals surface area (Å²) in [7, 11) is -2.14. The monoisotopic (exact) mass is 471 g/mol. The van der Waals surface area contributed by atoms with Gasteiger partial charge in [0.25, 0.3) is 0 Å². The summed E-state index contributed by atoms with van der Waals surface area (Å²) in [4.78, 5) is 12.9. The Hall–Kier alpha value is -2.82. The van der Waals surface area contributed by atoms with Crippen molar-refractivity contribution >= 4 is 27.0 Å². The summed E-state index contributed by atoms with van der Waals surface area (Å²) < 4.78 is 34.8. The van der Waals surface area contributed by atoms with E-state index in [9.17, 15) is 13.2 Å². The van der Waals surface area contributed by atoms with Crippen LogP contribution < -0.4 is 5.32 Å². The maximum absolute atomic E-state index is 13.3. The first-order valence-corrected chi connectivity index (χ1v) is 12.5. The van der Waals surface area contributed by atoms with Gasteiger partial charge < -0.3 is 10.1 Å². The van der Waals surface area contributed by atoms with E-state index < -0.39 is 10.0 Å². The average Bonchev–Trinajstić information content (AvgIpc) is 3.24. The Kier molecular flexibility index (Phi) is 7.06. The maximum atomic E-state index is 13.3. The number of piperidine rings is 1. The molecule has 1 fully saturated rings. The summed E-state index contributed by atoms with van der Waals surface area (Å²) in [5, 5.41) is 11.1. The second-order valence-electron chi connectivity index (χ2n) is 8.36. The van der Waals surface area contributed by atoms with Crippen LogP contribution in [0.15, 0.2) is 47.4 Å². The number of aromatic nitrogens is 3. The molecule has 1 aromatic heterocycles. The van der Waals surface area contributed by atoms with Gasteiger partial charge in [0.1, 0.15) is 5.52 Å². The Morgan fingerprint density at radius 3 is 2.76 bits per heavy atom. The zero-order chi connectivity index (χ0) is 23.4. The number of aryl methyl sites for hydroxylation is 1. The number of hydrogen-bond donors (Lipinski definition) is 1. The molecule has 0 unspecified atom stereocenters. The Labute approximate surface area is 193 Å². The number of ether oxygens (including phenoxy) is 1. The highest BCUT2D eigenvalue weighted by atomic mass is 32.2. The number of hydrogen-bond acceptors (Lipinski definition) is 6. The van der Waals surface area contributed by atoms with Crippen molar-refractivity contribution in [3.8, 4) is 0 Å². The molecule has 2 heterocycles. The highest BCUT2D eigenvalue weighted by Crippen LogP contribution is 2.26. The molecule has 0 aliphatic carbocycles. The number of benzene rings is 2. The van der Waals surface area contributed by atoms with Crippen molar-refractivity contribution in [1.82, 2.24) is 24.6 Å². The molecule has 0 radical (unpaired) electrons. The number of nitrogens with zero attached hydrogens (tertiary/aromatic N) is 4. The van der Waals surface area contributed by atoms with Crippen LogP contribution in [0, 0.1) is 12.8 Å². The number of fused-ring (bicyclic) bond motifs is 1. The molecule has 1 N–H and O–H groups in total. The molecule has 1 aliphatic rings. The number of rotatable bonds is 8. The van der Waals surface area contributed by atoms with Crippen molar-refractivity contribution in [1.29, 1.82) is 0 Å². The Morgan fingerprint density at radius 2 is 2.00 bits per heavy atom. The quantitative estimate of drug-likeness (QED) is 0.539. The predicted molar refractivity (Wildman–Crippen MR) is 124 cm³/mol. The molecule has 1 aliphatic heterocycles. The molecule has 9 nitrogen and oxygen atoms in total. The summed E-state index contributed by atoms with van der Waals surface area (Å²) >= 11 is 0. The van der Waals surface area contributed by atoms with Gasteiger partial charge >= 0.3 is 0 Å². The fourth-order valence-corrected chi connectivity index (χ4v) is 5.56. The summed E-state index contributed by atoms with van der Waals surface area (Å²) in [6, 6.07) is 12.8. The lowest BCUT2D eigenvalue weighted by Crippen LogP contribution is -2.45. The van der Waals surface area contributed by atoms with Crippen LogP contribution in [0.1, 0.15) is 24.0 Å². The molecule has 0 saturated carbocycles. The van der Waals surface area contributed by atoms with E-state index in [0.717, 1.165) is 16.6 Å². The Bertz CT molecular complexity index is 1220. The third-order valence-electron chi connectivity index (χ3n) is 5.97. The summed E-state index contributed by atoms with van der Waals surface area (Å²) in [6.07, 6.45) is 1.30.